The average Bonchev–Trinajstić information content (AvgIpc) is 3.56. The number of amides is 2. The van der Waals surface area contributed by atoms with Gasteiger partial charge in [-0.25, -0.2) is 5.01 Å². The lowest BCUT2D eigenvalue weighted by Gasteiger charge is -2.25. The van der Waals surface area contributed by atoms with Gasteiger partial charge in [-0.1, -0.05) is 30.3 Å². The second-order valence-electron chi connectivity index (χ2n) is 7.95. The standard InChI is InChI=1S/C24H27N3O4/c1-26(24(29)17-9-10-17)15-23(28)27-21(16-7-5-4-6-8-16)14-20(25-27)19-12-11-18(30-2)13-22(19)31-3/h4-8,11-13,17,21H,9-10,14-15H2,1-3H3. The monoisotopic (exact) mass is 421 g/mol. The van der Waals surface area contributed by atoms with Gasteiger partial charge in [0.05, 0.1) is 26.0 Å². The first kappa shape index (κ1) is 20.9. The normalized spacial score (nSPS) is 17.8. The van der Waals surface area contributed by atoms with E-state index in [9.17, 15) is 9.59 Å². The van der Waals surface area contributed by atoms with E-state index in [1.165, 1.54) is 9.91 Å². The Morgan fingerprint density at radius 1 is 1.10 bits per heavy atom. The van der Waals surface area contributed by atoms with Gasteiger partial charge >= 0.3 is 0 Å². The molecule has 162 valence electrons. The molecule has 0 aromatic heterocycles. The summed E-state index contributed by atoms with van der Waals surface area (Å²) < 4.78 is 10.8. The van der Waals surface area contributed by atoms with Crippen molar-refractivity contribution in [3.63, 3.8) is 0 Å². The number of carbonyl (C=O) groups is 2. The van der Waals surface area contributed by atoms with Gasteiger partial charge in [-0.3, -0.25) is 9.59 Å². The van der Waals surface area contributed by atoms with Crippen LogP contribution >= 0.6 is 0 Å². The Kier molecular flexibility index (Phi) is 5.93. The molecule has 7 heteroatoms. The van der Waals surface area contributed by atoms with Crippen molar-refractivity contribution in [3.05, 3.63) is 59.7 Å². The van der Waals surface area contributed by atoms with Crippen LogP contribution in [0.1, 0.15) is 36.4 Å². The van der Waals surface area contributed by atoms with Crippen LogP contribution in [0.15, 0.2) is 53.6 Å². The zero-order chi connectivity index (χ0) is 22.0. The van der Waals surface area contributed by atoms with Crippen LogP contribution in [-0.2, 0) is 9.59 Å². The fourth-order valence-electron chi connectivity index (χ4n) is 3.87. The minimum Gasteiger partial charge on any atom is -0.497 e. The molecule has 31 heavy (non-hydrogen) atoms. The van der Waals surface area contributed by atoms with E-state index in [1.807, 2.05) is 48.5 Å². The summed E-state index contributed by atoms with van der Waals surface area (Å²) in [6.45, 7) is 0.00912. The largest absolute Gasteiger partial charge is 0.497 e. The van der Waals surface area contributed by atoms with Crippen molar-refractivity contribution in [2.45, 2.75) is 25.3 Å². The van der Waals surface area contributed by atoms with Crippen LogP contribution in [0.2, 0.25) is 0 Å². The summed E-state index contributed by atoms with van der Waals surface area (Å²) in [6, 6.07) is 15.2. The number of hydrogen-bond acceptors (Lipinski definition) is 5. The van der Waals surface area contributed by atoms with Crippen LogP contribution in [-0.4, -0.2) is 55.2 Å². The van der Waals surface area contributed by atoms with Gasteiger partial charge in [0.2, 0.25) is 5.91 Å². The van der Waals surface area contributed by atoms with E-state index in [1.54, 1.807) is 21.3 Å². The molecule has 1 aliphatic heterocycles. The molecule has 0 radical (unpaired) electrons. The van der Waals surface area contributed by atoms with E-state index >= 15 is 0 Å². The van der Waals surface area contributed by atoms with Crippen LogP contribution in [0.4, 0.5) is 0 Å². The van der Waals surface area contributed by atoms with Gasteiger partial charge in [-0.2, -0.15) is 5.10 Å². The minimum absolute atomic E-state index is 0.00912. The van der Waals surface area contributed by atoms with E-state index in [0.717, 1.165) is 29.7 Å². The first-order chi connectivity index (χ1) is 15.0. The maximum atomic E-state index is 13.2. The van der Waals surface area contributed by atoms with Gasteiger partial charge in [-0.05, 0) is 30.5 Å². The lowest BCUT2D eigenvalue weighted by Crippen LogP contribution is -2.39. The fraction of sp³-hybridized carbons (Fsp3) is 0.375. The predicted octanol–water partition coefficient (Wildman–Crippen LogP) is 3.25. The molecule has 2 aromatic carbocycles. The van der Waals surface area contributed by atoms with Gasteiger partial charge < -0.3 is 14.4 Å². The van der Waals surface area contributed by atoms with Gasteiger partial charge in [0.15, 0.2) is 0 Å². The maximum Gasteiger partial charge on any atom is 0.262 e. The first-order valence-corrected chi connectivity index (χ1v) is 10.4. The topological polar surface area (TPSA) is 71.4 Å². The molecule has 0 saturated heterocycles. The number of ether oxygens (including phenoxy) is 2. The average molecular weight is 421 g/mol. The van der Waals surface area contributed by atoms with Gasteiger partial charge in [0.1, 0.15) is 18.0 Å². The molecule has 0 spiro atoms. The number of rotatable bonds is 7. The zero-order valence-electron chi connectivity index (χ0n) is 18.1. The summed E-state index contributed by atoms with van der Waals surface area (Å²) in [5.41, 5.74) is 2.58. The van der Waals surface area contributed by atoms with Gasteiger partial charge in [0.25, 0.3) is 5.91 Å². The summed E-state index contributed by atoms with van der Waals surface area (Å²) in [4.78, 5) is 27.0. The second kappa shape index (κ2) is 8.79. The molecule has 4 rings (SSSR count). The molecule has 1 heterocycles. The lowest BCUT2D eigenvalue weighted by atomic mass is 9.98. The predicted molar refractivity (Wildman–Crippen MR) is 117 cm³/mol. The Hall–Kier alpha value is -3.35. The second-order valence-corrected chi connectivity index (χ2v) is 7.95. The fourth-order valence-corrected chi connectivity index (χ4v) is 3.87. The summed E-state index contributed by atoms with van der Waals surface area (Å²) in [5, 5.41) is 6.21. The van der Waals surface area contributed by atoms with Gasteiger partial charge in [-0.15, -0.1) is 0 Å². The first-order valence-electron chi connectivity index (χ1n) is 10.4. The van der Waals surface area contributed by atoms with Crippen molar-refractivity contribution in [2.75, 3.05) is 27.8 Å². The molecule has 0 bridgehead atoms. The number of likely N-dealkylation sites (N-methyl/N-ethyl adjacent to an activating group) is 1. The lowest BCUT2D eigenvalue weighted by molar-refractivity contribution is -0.141. The number of hydrazone groups is 1. The smallest absolute Gasteiger partial charge is 0.262 e. The van der Waals surface area contributed by atoms with Crippen molar-refractivity contribution >= 4 is 17.5 Å². The van der Waals surface area contributed by atoms with Crippen LogP contribution in [0.5, 0.6) is 11.5 Å². The van der Waals surface area contributed by atoms with Crippen molar-refractivity contribution in [2.24, 2.45) is 11.0 Å². The molecular weight excluding hydrogens is 394 g/mol. The van der Waals surface area contributed by atoms with Crippen LogP contribution < -0.4 is 9.47 Å². The summed E-state index contributed by atoms with van der Waals surface area (Å²) in [5.74, 6) is 1.23. The molecule has 7 nitrogen and oxygen atoms in total. The molecule has 2 aromatic rings. The minimum atomic E-state index is -0.236. The highest BCUT2D eigenvalue weighted by Gasteiger charge is 2.37. The third-order valence-corrected chi connectivity index (χ3v) is 5.75. The van der Waals surface area contributed by atoms with Crippen LogP contribution in [0.3, 0.4) is 0 Å². The van der Waals surface area contributed by atoms with E-state index in [-0.39, 0.29) is 30.3 Å². The molecule has 2 amide bonds. The van der Waals surface area contributed by atoms with E-state index in [0.29, 0.717) is 17.9 Å². The van der Waals surface area contributed by atoms with Crippen molar-refractivity contribution in [1.29, 1.82) is 0 Å². The number of methoxy groups -OCH3 is 2. The van der Waals surface area contributed by atoms with E-state index in [4.69, 9.17) is 14.6 Å². The molecule has 1 fully saturated rings. The Balaban J connectivity index is 1.63. The van der Waals surface area contributed by atoms with Crippen LogP contribution in [0, 0.1) is 5.92 Å². The van der Waals surface area contributed by atoms with Crippen molar-refractivity contribution in [3.8, 4) is 11.5 Å². The zero-order valence-corrected chi connectivity index (χ0v) is 18.1. The van der Waals surface area contributed by atoms with E-state index in [2.05, 4.69) is 0 Å². The molecule has 1 aliphatic carbocycles. The van der Waals surface area contributed by atoms with Crippen molar-refractivity contribution in [1.82, 2.24) is 9.91 Å². The number of carbonyl (C=O) groups excluding carboxylic acids is 2. The number of benzene rings is 2. The molecular formula is C24H27N3O4. The number of nitrogens with zero attached hydrogens (tertiary/aromatic N) is 3. The Labute approximate surface area is 182 Å². The van der Waals surface area contributed by atoms with Gasteiger partial charge in [0, 0.05) is 31.0 Å². The summed E-state index contributed by atoms with van der Waals surface area (Å²) in [6.07, 6.45) is 2.37. The molecule has 1 saturated carbocycles. The van der Waals surface area contributed by atoms with E-state index < -0.39 is 0 Å². The molecule has 1 unspecified atom stereocenters. The molecule has 1 atom stereocenters. The Morgan fingerprint density at radius 2 is 1.84 bits per heavy atom. The van der Waals surface area contributed by atoms with Crippen molar-refractivity contribution < 1.29 is 19.1 Å². The summed E-state index contributed by atoms with van der Waals surface area (Å²) >= 11 is 0. The third-order valence-electron chi connectivity index (χ3n) is 5.75. The quantitative estimate of drug-likeness (QED) is 0.688. The number of hydrogen-bond donors (Lipinski definition) is 0. The highest BCUT2D eigenvalue weighted by molar-refractivity contribution is 6.05. The Bertz CT molecular complexity index is 1000. The summed E-state index contributed by atoms with van der Waals surface area (Å²) in [7, 11) is 4.89. The van der Waals surface area contributed by atoms with Crippen LogP contribution in [0.25, 0.3) is 0 Å². The highest BCUT2D eigenvalue weighted by atomic mass is 16.5. The maximum absolute atomic E-state index is 13.2. The SMILES string of the molecule is COc1ccc(C2=NN(C(=O)CN(C)C(=O)C3CC3)C(c3ccccc3)C2)c(OC)c1. The molecule has 2 aliphatic rings. The Morgan fingerprint density at radius 3 is 2.48 bits per heavy atom. The molecule has 0 N–H and O–H groups in total. The third kappa shape index (κ3) is 4.40. The highest BCUT2D eigenvalue weighted by Crippen LogP contribution is 2.36.